The molecule has 4 nitrogen and oxygen atoms in total. The lowest BCUT2D eigenvalue weighted by Crippen LogP contribution is -2.34. The second-order valence-electron chi connectivity index (χ2n) is 6.80. The summed E-state index contributed by atoms with van der Waals surface area (Å²) in [5, 5.41) is 9.13. The van der Waals surface area contributed by atoms with Crippen molar-refractivity contribution in [3.8, 4) is 0 Å². The van der Waals surface area contributed by atoms with Gasteiger partial charge in [0.05, 0.1) is 6.26 Å². The molecule has 0 fully saturated rings. The number of carboxylic acid groups (broad SMARTS) is 1. The average molecular weight is 381 g/mol. The zero-order valence-corrected chi connectivity index (χ0v) is 15.9. The summed E-state index contributed by atoms with van der Waals surface area (Å²) in [6.07, 6.45) is 4.11. The van der Waals surface area contributed by atoms with Gasteiger partial charge in [0.25, 0.3) is 0 Å². The lowest BCUT2D eigenvalue weighted by atomic mass is 9.95. The monoisotopic (exact) mass is 381 g/mol. The Morgan fingerprint density at radius 3 is 2.61 bits per heavy atom. The summed E-state index contributed by atoms with van der Waals surface area (Å²) in [4.78, 5) is 13.2. The first-order valence-corrected chi connectivity index (χ1v) is 9.33. The largest absolute Gasteiger partial charge is 0.499 e. The van der Waals surface area contributed by atoms with Crippen LogP contribution in [0.2, 0.25) is 0 Å². The minimum atomic E-state index is -0.869. The van der Waals surface area contributed by atoms with E-state index in [1.54, 1.807) is 30.5 Å². The fourth-order valence-corrected chi connectivity index (χ4v) is 3.30. The van der Waals surface area contributed by atoms with Crippen molar-refractivity contribution < 1.29 is 19.0 Å². The number of nitrogens with zero attached hydrogens (tertiary/aromatic N) is 1. The number of hydrogen-bond donors (Lipinski definition) is 1. The van der Waals surface area contributed by atoms with Gasteiger partial charge in [0.2, 0.25) is 0 Å². The maximum atomic E-state index is 14.4. The molecule has 146 valence electrons. The van der Waals surface area contributed by atoms with E-state index in [1.807, 2.05) is 36.1 Å². The molecule has 0 amide bonds. The van der Waals surface area contributed by atoms with Crippen molar-refractivity contribution in [1.29, 1.82) is 0 Å². The minimum absolute atomic E-state index is 0.298. The number of carbonyl (C=O) groups is 1. The molecule has 0 spiro atoms. The molecule has 0 saturated heterocycles. The van der Waals surface area contributed by atoms with Gasteiger partial charge >= 0.3 is 5.97 Å². The lowest BCUT2D eigenvalue weighted by Gasteiger charge is -2.25. The van der Waals surface area contributed by atoms with Crippen molar-refractivity contribution >= 4 is 11.5 Å². The van der Waals surface area contributed by atoms with Gasteiger partial charge in [-0.1, -0.05) is 48.5 Å². The zero-order chi connectivity index (χ0) is 19.9. The average Bonchev–Trinajstić information content (AvgIpc) is 2.70. The van der Waals surface area contributed by atoms with Crippen molar-refractivity contribution in [3.05, 3.63) is 88.9 Å². The van der Waals surface area contributed by atoms with Crippen LogP contribution in [0.3, 0.4) is 0 Å². The number of hydrogen-bond acceptors (Lipinski definition) is 3. The topological polar surface area (TPSA) is 49.8 Å². The van der Waals surface area contributed by atoms with Gasteiger partial charge in [0.15, 0.2) is 0 Å². The quantitative estimate of drug-likeness (QED) is 0.575. The molecular formula is C23H24FNO3. The SMILES string of the molecule is Cc1ccccc1/C(=C\OCCN1CCC=C(C(=O)O)C1)c1ccccc1F. The third kappa shape index (κ3) is 4.87. The van der Waals surface area contributed by atoms with Crippen molar-refractivity contribution in [2.45, 2.75) is 13.3 Å². The maximum absolute atomic E-state index is 14.4. The molecule has 1 aliphatic rings. The summed E-state index contributed by atoms with van der Waals surface area (Å²) in [5.74, 6) is -1.17. The Morgan fingerprint density at radius 1 is 1.18 bits per heavy atom. The molecule has 0 saturated carbocycles. The molecular weight excluding hydrogens is 357 g/mol. The Hall–Kier alpha value is -2.92. The van der Waals surface area contributed by atoms with Gasteiger partial charge in [0, 0.05) is 36.3 Å². The van der Waals surface area contributed by atoms with E-state index in [2.05, 4.69) is 0 Å². The van der Waals surface area contributed by atoms with Gasteiger partial charge in [-0.2, -0.15) is 0 Å². The molecule has 28 heavy (non-hydrogen) atoms. The number of ether oxygens (including phenoxy) is 1. The molecule has 3 rings (SSSR count). The van der Waals surface area contributed by atoms with Crippen LogP contribution in [0.5, 0.6) is 0 Å². The first-order valence-electron chi connectivity index (χ1n) is 9.33. The second kappa shape index (κ2) is 9.33. The van der Waals surface area contributed by atoms with E-state index in [-0.39, 0.29) is 5.82 Å². The van der Waals surface area contributed by atoms with Gasteiger partial charge in [-0.05, 0) is 30.5 Å². The standard InChI is InChI=1S/C23H24FNO3/c1-17-7-2-3-9-19(17)21(20-10-4-5-11-22(20)24)16-28-14-13-25-12-6-8-18(15-25)23(26)27/h2-5,7-11,16H,6,12-15H2,1H3,(H,26,27)/b21-16+. The fraction of sp³-hybridized carbons (Fsp3) is 0.261. The van der Waals surface area contributed by atoms with Gasteiger partial charge in [-0.3, -0.25) is 4.90 Å². The predicted octanol–water partition coefficient (Wildman–Crippen LogP) is 4.26. The second-order valence-corrected chi connectivity index (χ2v) is 6.80. The summed E-state index contributed by atoms with van der Waals surface area (Å²) in [6.45, 7) is 4.22. The molecule has 1 aliphatic heterocycles. The van der Waals surface area contributed by atoms with E-state index >= 15 is 0 Å². The molecule has 1 heterocycles. The summed E-state index contributed by atoms with van der Waals surface area (Å²) >= 11 is 0. The summed E-state index contributed by atoms with van der Waals surface area (Å²) in [6, 6.07) is 14.5. The number of benzene rings is 2. The highest BCUT2D eigenvalue weighted by Gasteiger charge is 2.17. The Bertz CT molecular complexity index is 857. The molecule has 0 bridgehead atoms. The predicted molar refractivity (Wildman–Crippen MR) is 107 cm³/mol. The van der Waals surface area contributed by atoms with Gasteiger partial charge in [-0.15, -0.1) is 0 Å². The van der Waals surface area contributed by atoms with Crippen LogP contribution in [0.1, 0.15) is 23.1 Å². The number of halogens is 1. The first-order chi connectivity index (χ1) is 13.6. The number of rotatable bonds is 7. The van der Waals surface area contributed by atoms with Gasteiger partial charge in [0.1, 0.15) is 12.4 Å². The molecule has 0 aliphatic carbocycles. The van der Waals surface area contributed by atoms with Crippen molar-refractivity contribution in [3.63, 3.8) is 0 Å². The van der Waals surface area contributed by atoms with Crippen LogP contribution in [0.25, 0.3) is 5.57 Å². The third-order valence-corrected chi connectivity index (χ3v) is 4.83. The van der Waals surface area contributed by atoms with E-state index in [0.717, 1.165) is 24.1 Å². The number of aliphatic carboxylic acids is 1. The highest BCUT2D eigenvalue weighted by molar-refractivity contribution is 5.87. The van der Waals surface area contributed by atoms with Gasteiger partial charge < -0.3 is 9.84 Å². The molecule has 5 heteroatoms. The van der Waals surface area contributed by atoms with Crippen molar-refractivity contribution in [2.75, 3.05) is 26.2 Å². The van der Waals surface area contributed by atoms with E-state index in [1.165, 1.54) is 6.07 Å². The van der Waals surface area contributed by atoms with Crippen molar-refractivity contribution in [1.82, 2.24) is 4.90 Å². The molecule has 0 aromatic heterocycles. The van der Waals surface area contributed by atoms with Crippen LogP contribution in [-0.4, -0.2) is 42.2 Å². The van der Waals surface area contributed by atoms with E-state index in [4.69, 9.17) is 9.84 Å². The van der Waals surface area contributed by atoms with Crippen LogP contribution in [0.4, 0.5) is 4.39 Å². The first kappa shape index (κ1) is 19.8. The normalized spacial score (nSPS) is 15.2. The summed E-state index contributed by atoms with van der Waals surface area (Å²) in [5.41, 5.74) is 3.56. The molecule has 0 radical (unpaired) electrons. The molecule has 0 unspecified atom stereocenters. The van der Waals surface area contributed by atoms with E-state index < -0.39 is 5.97 Å². The minimum Gasteiger partial charge on any atom is -0.499 e. The van der Waals surface area contributed by atoms with Crippen LogP contribution in [0.15, 0.2) is 66.4 Å². The number of aryl methyl sites for hydroxylation is 1. The molecule has 1 N–H and O–H groups in total. The van der Waals surface area contributed by atoms with Crippen molar-refractivity contribution in [2.24, 2.45) is 0 Å². The summed E-state index contributed by atoms with van der Waals surface area (Å²) < 4.78 is 20.2. The Balaban J connectivity index is 1.72. The van der Waals surface area contributed by atoms with Crippen LogP contribution >= 0.6 is 0 Å². The smallest absolute Gasteiger partial charge is 0.332 e. The van der Waals surface area contributed by atoms with Crippen LogP contribution in [0, 0.1) is 12.7 Å². The van der Waals surface area contributed by atoms with E-state index in [0.29, 0.717) is 36.4 Å². The maximum Gasteiger partial charge on any atom is 0.332 e. The lowest BCUT2D eigenvalue weighted by molar-refractivity contribution is -0.133. The molecule has 0 atom stereocenters. The highest BCUT2D eigenvalue weighted by atomic mass is 19.1. The molecule has 2 aromatic carbocycles. The van der Waals surface area contributed by atoms with Crippen LogP contribution < -0.4 is 0 Å². The Kier molecular flexibility index (Phi) is 6.61. The number of carboxylic acids is 1. The molecule has 2 aromatic rings. The Morgan fingerprint density at radius 2 is 1.89 bits per heavy atom. The van der Waals surface area contributed by atoms with Crippen LogP contribution in [-0.2, 0) is 9.53 Å². The Labute approximate surface area is 164 Å². The highest BCUT2D eigenvalue weighted by Crippen LogP contribution is 2.28. The van der Waals surface area contributed by atoms with E-state index in [9.17, 15) is 9.18 Å². The third-order valence-electron chi connectivity index (χ3n) is 4.83. The van der Waals surface area contributed by atoms with Gasteiger partial charge in [-0.25, -0.2) is 9.18 Å². The summed E-state index contributed by atoms with van der Waals surface area (Å²) in [7, 11) is 0. The zero-order valence-electron chi connectivity index (χ0n) is 15.9. The fourth-order valence-electron chi connectivity index (χ4n) is 3.30.